The second-order valence-corrected chi connectivity index (χ2v) is 5.88. The third-order valence-corrected chi connectivity index (χ3v) is 3.82. The summed E-state index contributed by atoms with van der Waals surface area (Å²) in [6.45, 7) is 3.74. The van der Waals surface area contributed by atoms with E-state index in [2.05, 4.69) is 17.0 Å². The summed E-state index contributed by atoms with van der Waals surface area (Å²) >= 11 is 0. The van der Waals surface area contributed by atoms with Gasteiger partial charge in [0.05, 0.1) is 26.4 Å². The van der Waals surface area contributed by atoms with Gasteiger partial charge in [0, 0.05) is 33.7 Å². The van der Waals surface area contributed by atoms with Crippen molar-refractivity contribution in [2.75, 3.05) is 54.1 Å². The van der Waals surface area contributed by atoms with Crippen LogP contribution >= 0.6 is 0 Å². The molecule has 0 unspecified atom stereocenters. The smallest absolute Gasteiger partial charge is 0.248 e. The first-order valence-corrected chi connectivity index (χ1v) is 7.83. The van der Waals surface area contributed by atoms with E-state index in [0.29, 0.717) is 13.2 Å². The number of nitrogens with zero attached hydrogens (tertiary/aromatic N) is 2. The van der Waals surface area contributed by atoms with Gasteiger partial charge >= 0.3 is 0 Å². The lowest BCUT2D eigenvalue weighted by Crippen LogP contribution is -2.36. The molecule has 1 amide bonds. The van der Waals surface area contributed by atoms with Crippen molar-refractivity contribution in [2.45, 2.75) is 12.6 Å². The molecule has 2 rings (SSSR count). The standard InChI is InChI=1S/C17H26N2O4/c1-18(2)17(20)13-23-16-11-19(8-9-22-12-16)10-14-4-6-15(21-3)7-5-14/h4-7,16H,8-13H2,1-3H3/t16-/m1/s1. The van der Waals surface area contributed by atoms with Crippen molar-refractivity contribution in [2.24, 2.45) is 0 Å². The Bertz CT molecular complexity index is 490. The number of hydrogen-bond acceptors (Lipinski definition) is 5. The van der Waals surface area contributed by atoms with Crippen molar-refractivity contribution in [3.63, 3.8) is 0 Å². The molecule has 0 aromatic heterocycles. The van der Waals surface area contributed by atoms with Crippen LogP contribution in [0.2, 0.25) is 0 Å². The quantitative estimate of drug-likeness (QED) is 0.782. The Morgan fingerprint density at radius 2 is 2.09 bits per heavy atom. The first-order chi connectivity index (χ1) is 11.1. The Morgan fingerprint density at radius 1 is 1.35 bits per heavy atom. The highest BCUT2D eigenvalue weighted by atomic mass is 16.5. The number of carbonyl (C=O) groups is 1. The predicted molar refractivity (Wildman–Crippen MR) is 87.5 cm³/mol. The van der Waals surface area contributed by atoms with Gasteiger partial charge in [0.2, 0.25) is 5.91 Å². The highest BCUT2D eigenvalue weighted by Crippen LogP contribution is 2.14. The summed E-state index contributed by atoms with van der Waals surface area (Å²) in [5.74, 6) is 0.826. The van der Waals surface area contributed by atoms with E-state index >= 15 is 0 Å². The number of methoxy groups -OCH3 is 1. The molecule has 1 aliphatic rings. The van der Waals surface area contributed by atoms with E-state index in [4.69, 9.17) is 14.2 Å². The van der Waals surface area contributed by atoms with Crippen LogP contribution in [0.4, 0.5) is 0 Å². The molecule has 1 aliphatic heterocycles. The number of amides is 1. The predicted octanol–water partition coefficient (Wildman–Crippen LogP) is 1.00. The fraction of sp³-hybridized carbons (Fsp3) is 0.588. The lowest BCUT2D eigenvalue weighted by molar-refractivity contribution is -0.136. The number of ether oxygens (including phenoxy) is 3. The Kier molecular flexibility index (Phi) is 6.83. The highest BCUT2D eigenvalue weighted by molar-refractivity contribution is 5.76. The zero-order valence-electron chi connectivity index (χ0n) is 14.2. The normalized spacial score (nSPS) is 19.2. The zero-order chi connectivity index (χ0) is 16.7. The molecule has 0 radical (unpaired) electrons. The topological polar surface area (TPSA) is 51.2 Å². The molecule has 6 nitrogen and oxygen atoms in total. The van der Waals surface area contributed by atoms with Gasteiger partial charge in [-0.15, -0.1) is 0 Å². The molecule has 0 saturated carbocycles. The number of rotatable bonds is 6. The van der Waals surface area contributed by atoms with Crippen LogP contribution in [0, 0.1) is 0 Å². The minimum absolute atomic E-state index is 0.0315. The molecule has 1 fully saturated rings. The highest BCUT2D eigenvalue weighted by Gasteiger charge is 2.20. The zero-order valence-corrected chi connectivity index (χ0v) is 14.2. The van der Waals surface area contributed by atoms with Crippen molar-refractivity contribution in [3.05, 3.63) is 29.8 Å². The Balaban J connectivity index is 1.86. The Labute approximate surface area is 137 Å². The lowest BCUT2D eigenvalue weighted by Gasteiger charge is -2.24. The molecular weight excluding hydrogens is 296 g/mol. The van der Waals surface area contributed by atoms with Crippen LogP contribution in [0.5, 0.6) is 5.75 Å². The van der Waals surface area contributed by atoms with Crippen LogP contribution in [0.25, 0.3) is 0 Å². The number of benzene rings is 1. The van der Waals surface area contributed by atoms with Crippen LogP contribution in [0.3, 0.4) is 0 Å². The van der Waals surface area contributed by atoms with Crippen molar-refractivity contribution in [3.8, 4) is 5.75 Å². The number of hydrogen-bond donors (Lipinski definition) is 0. The summed E-state index contributed by atoms with van der Waals surface area (Å²) in [6.07, 6.45) is -0.0837. The third kappa shape index (κ3) is 5.82. The van der Waals surface area contributed by atoms with Gasteiger partial charge in [0.1, 0.15) is 12.4 Å². The average Bonchev–Trinajstić information content (AvgIpc) is 2.78. The molecular formula is C17H26N2O4. The Morgan fingerprint density at radius 3 is 2.74 bits per heavy atom. The summed E-state index contributed by atoms with van der Waals surface area (Å²) in [5.41, 5.74) is 1.22. The first-order valence-electron chi connectivity index (χ1n) is 7.83. The fourth-order valence-electron chi connectivity index (χ4n) is 2.39. The fourth-order valence-corrected chi connectivity index (χ4v) is 2.39. The summed E-state index contributed by atoms with van der Waals surface area (Å²) in [7, 11) is 5.12. The molecule has 0 aliphatic carbocycles. The molecule has 128 valence electrons. The summed E-state index contributed by atoms with van der Waals surface area (Å²) in [5, 5.41) is 0. The molecule has 1 atom stereocenters. The molecule has 1 heterocycles. The van der Waals surface area contributed by atoms with E-state index in [1.165, 1.54) is 10.5 Å². The molecule has 0 bridgehead atoms. The van der Waals surface area contributed by atoms with Gasteiger partial charge in [0.25, 0.3) is 0 Å². The van der Waals surface area contributed by atoms with Crippen LogP contribution in [-0.4, -0.2) is 75.9 Å². The molecule has 6 heteroatoms. The van der Waals surface area contributed by atoms with Gasteiger partial charge < -0.3 is 19.1 Å². The van der Waals surface area contributed by atoms with Gasteiger partial charge in [-0.25, -0.2) is 0 Å². The van der Waals surface area contributed by atoms with Gasteiger partial charge in [0.15, 0.2) is 0 Å². The van der Waals surface area contributed by atoms with Crippen LogP contribution in [-0.2, 0) is 20.8 Å². The van der Waals surface area contributed by atoms with Gasteiger partial charge in [-0.1, -0.05) is 12.1 Å². The van der Waals surface area contributed by atoms with E-state index in [1.807, 2.05) is 12.1 Å². The van der Waals surface area contributed by atoms with Gasteiger partial charge in [-0.2, -0.15) is 0 Å². The maximum absolute atomic E-state index is 11.6. The second kappa shape index (κ2) is 8.86. The molecule has 1 aromatic rings. The van der Waals surface area contributed by atoms with Gasteiger partial charge in [-0.3, -0.25) is 9.69 Å². The van der Waals surface area contributed by atoms with Crippen molar-refractivity contribution in [1.82, 2.24) is 9.80 Å². The third-order valence-electron chi connectivity index (χ3n) is 3.82. The minimum Gasteiger partial charge on any atom is -0.497 e. The molecule has 1 saturated heterocycles. The molecule has 1 aromatic carbocycles. The average molecular weight is 322 g/mol. The van der Waals surface area contributed by atoms with Gasteiger partial charge in [-0.05, 0) is 17.7 Å². The van der Waals surface area contributed by atoms with Crippen LogP contribution in [0.1, 0.15) is 5.56 Å². The van der Waals surface area contributed by atoms with E-state index in [-0.39, 0.29) is 18.6 Å². The van der Waals surface area contributed by atoms with Crippen LogP contribution < -0.4 is 4.74 Å². The molecule has 0 N–H and O–H groups in total. The maximum atomic E-state index is 11.6. The van der Waals surface area contributed by atoms with Crippen molar-refractivity contribution < 1.29 is 19.0 Å². The monoisotopic (exact) mass is 322 g/mol. The van der Waals surface area contributed by atoms with Crippen molar-refractivity contribution >= 4 is 5.91 Å². The second-order valence-electron chi connectivity index (χ2n) is 5.88. The minimum atomic E-state index is -0.0837. The van der Waals surface area contributed by atoms with Crippen LogP contribution in [0.15, 0.2) is 24.3 Å². The summed E-state index contributed by atoms with van der Waals surface area (Å²) in [6, 6.07) is 8.06. The van der Waals surface area contributed by atoms with E-state index in [0.717, 1.165) is 25.4 Å². The maximum Gasteiger partial charge on any atom is 0.248 e. The number of carbonyl (C=O) groups excluding carboxylic acids is 1. The SMILES string of the molecule is COc1ccc(CN2CCOC[C@H](OCC(=O)N(C)C)C2)cc1. The van der Waals surface area contributed by atoms with E-state index < -0.39 is 0 Å². The van der Waals surface area contributed by atoms with E-state index in [1.54, 1.807) is 21.2 Å². The van der Waals surface area contributed by atoms with Crippen molar-refractivity contribution in [1.29, 1.82) is 0 Å². The Hall–Kier alpha value is -1.63. The summed E-state index contributed by atoms with van der Waals surface area (Å²) in [4.78, 5) is 15.5. The first kappa shape index (κ1) is 17.7. The summed E-state index contributed by atoms with van der Waals surface area (Å²) < 4.78 is 16.5. The van der Waals surface area contributed by atoms with E-state index in [9.17, 15) is 4.79 Å². The largest absolute Gasteiger partial charge is 0.497 e. The molecule has 23 heavy (non-hydrogen) atoms. The number of likely N-dealkylation sites (N-methyl/N-ethyl adjacent to an activating group) is 1. The molecule has 0 spiro atoms. The lowest BCUT2D eigenvalue weighted by atomic mass is 10.2.